The van der Waals surface area contributed by atoms with Crippen molar-refractivity contribution in [3.05, 3.63) is 0 Å². The molecule has 1 fully saturated rings. The molecular weight excluding hydrogens is 392 g/mol. The monoisotopic (exact) mass is 424 g/mol. The smallest absolute Gasteiger partial charge is 0.243 e. The highest BCUT2D eigenvalue weighted by atomic mass is 33.5. The number of rotatable bonds is 12. The van der Waals surface area contributed by atoms with Crippen LogP contribution in [0.1, 0.15) is 46.0 Å². The minimum absolute atomic E-state index is 0.0367. The maximum atomic E-state index is 12.1. The van der Waals surface area contributed by atoms with Crippen molar-refractivity contribution in [1.82, 2.24) is 21.3 Å². The predicted octanol–water partition coefficient (Wildman–Crippen LogP) is 0.725. The van der Waals surface area contributed by atoms with Gasteiger partial charge in [-0.2, -0.15) is 8.96 Å². The third-order valence-corrected chi connectivity index (χ3v) is 5.90. The van der Waals surface area contributed by atoms with E-state index in [0.29, 0.717) is 19.0 Å². The molecule has 0 aromatic carbocycles. The summed E-state index contributed by atoms with van der Waals surface area (Å²) in [6, 6.07) is -0.922. The maximum Gasteiger partial charge on any atom is 0.243 e. The Morgan fingerprint density at radius 3 is 2.38 bits per heavy atom. The number of unbranched alkanes of at least 4 members (excludes halogenated alkanes) is 1. The first kappa shape index (κ1) is 23.5. The van der Waals surface area contributed by atoms with Crippen molar-refractivity contribution in [3.63, 3.8) is 0 Å². The molecule has 1 aliphatic rings. The lowest BCUT2D eigenvalue weighted by atomic mass is 10.0. The standard InChI is InChI=1S/C16H32N4O3S3/c1-11(2)17-8-5-6-12-15(22)20-13(16(23)19-12)10-14(21)18-7-3-4-9-26(24)25/h11-13,17,24-26H,3-10H2,1-2H3,(H,18,21)(H,19,23)(H,20,22)/t12-,13-/m1/s1. The van der Waals surface area contributed by atoms with Crippen LogP contribution in [0.3, 0.4) is 0 Å². The van der Waals surface area contributed by atoms with Gasteiger partial charge in [-0.3, -0.25) is 14.4 Å². The second-order valence-electron chi connectivity index (χ2n) is 6.73. The quantitative estimate of drug-likeness (QED) is 0.143. The van der Waals surface area contributed by atoms with Gasteiger partial charge in [0.1, 0.15) is 12.1 Å². The van der Waals surface area contributed by atoms with Gasteiger partial charge in [0.2, 0.25) is 17.7 Å². The van der Waals surface area contributed by atoms with E-state index in [1.165, 1.54) is 0 Å². The molecule has 0 saturated carbocycles. The molecule has 26 heavy (non-hydrogen) atoms. The molecule has 0 aromatic rings. The van der Waals surface area contributed by atoms with Crippen LogP contribution in [0.2, 0.25) is 0 Å². The lowest BCUT2D eigenvalue weighted by Gasteiger charge is -2.29. The van der Waals surface area contributed by atoms with E-state index >= 15 is 0 Å². The van der Waals surface area contributed by atoms with Crippen molar-refractivity contribution >= 4 is 50.0 Å². The minimum atomic E-state index is -0.796. The van der Waals surface area contributed by atoms with E-state index in [1.807, 2.05) is 0 Å². The van der Waals surface area contributed by atoms with Crippen molar-refractivity contribution in [2.45, 2.75) is 64.1 Å². The number of carbonyl (C=O) groups is 3. The van der Waals surface area contributed by atoms with Crippen molar-refractivity contribution in [1.29, 1.82) is 0 Å². The van der Waals surface area contributed by atoms with Gasteiger partial charge < -0.3 is 21.3 Å². The maximum absolute atomic E-state index is 12.1. The molecule has 0 aromatic heterocycles. The molecular formula is C16H32N4O3S3. The Morgan fingerprint density at radius 1 is 1.08 bits per heavy atom. The van der Waals surface area contributed by atoms with Crippen LogP contribution in [0.5, 0.6) is 0 Å². The van der Waals surface area contributed by atoms with Crippen molar-refractivity contribution < 1.29 is 14.4 Å². The molecule has 0 spiro atoms. The molecule has 3 amide bonds. The van der Waals surface area contributed by atoms with Gasteiger partial charge in [0.15, 0.2) is 0 Å². The Kier molecular flexibility index (Phi) is 11.5. The van der Waals surface area contributed by atoms with Gasteiger partial charge in [0.25, 0.3) is 0 Å². The van der Waals surface area contributed by atoms with E-state index in [-0.39, 0.29) is 24.1 Å². The summed E-state index contributed by atoms with van der Waals surface area (Å²) in [4.78, 5) is 36.2. The van der Waals surface area contributed by atoms with E-state index in [9.17, 15) is 14.4 Å². The molecule has 2 atom stereocenters. The molecule has 1 saturated heterocycles. The highest BCUT2D eigenvalue weighted by Crippen LogP contribution is 2.35. The number of hydrogen-bond donors (Lipinski definition) is 7. The van der Waals surface area contributed by atoms with Crippen LogP contribution >= 0.6 is 32.3 Å². The largest absolute Gasteiger partial charge is 0.356 e. The van der Waals surface area contributed by atoms with Crippen LogP contribution in [0.4, 0.5) is 0 Å². The third kappa shape index (κ3) is 9.94. The van der Waals surface area contributed by atoms with Gasteiger partial charge in [-0.15, -0.1) is 23.3 Å². The van der Waals surface area contributed by atoms with Crippen molar-refractivity contribution in [2.75, 3.05) is 18.8 Å². The fourth-order valence-electron chi connectivity index (χ4n) is 2.58. The predicted molar refractivity (Wildman–Crippen MR) is 115 cm³/mol. The van der Waals surface area contributed by atoms with E-state index < -0.39 is 21.0 Å². The number of piperazine rings is 1. The Labute approximate surface area is 168 Å². The zero-order chi connectivity index (χ0) is 19.5. The molecule has 1 aliphatic heterocycles. The summed E-state index contributed by atoms with van der Waals surface area (Å²) in [5, 5.41) is 11.4. The molecule has 1 rings (SSSR count). The van der Waals surface area contributed by atoms with Gasteiger partial charge in [-0.1, -0.05) is 13.8 Å². The van der Waals surface area contributed by atoms with Crippen LogP contribution in [0.25, 0.3) is 0 Å². The SMILES string of the molecule is CC(C)NCCC[C@H]1NC(=O)[C@@H](CC(=O)NCCCC[SH](S)S)NC1=O. The zero-order valence-electron chi connectivity index (χ0n) is 15.5. The first-order valence-electron chi connectivity index (χ1n) is 9.05. The summed E-state index contributed by atoms with van der Waals surface area (Å²) in [5.74, 6) is 0.191. The average Bonchev–Trinajstić information content (AvgIpc) is 2.54. The molecule has 0 unspecified atom stereocenters. The first-order chi connectivity index (χ1) is 12.3. The summed E-state index contributed by atoms with van der Waals surface area (Å²) in [5.41, 5.74) is 0. The number of carbonyl (C=O) groups excluding carboxylic acids is 3. The van der Waals surface area contributed by atoms with Gasteiger partial charge >= 0.3 is 0 Å². The fourth-order valence-corrected chi connectivity index (χ4v) is 3.94. The van der Waals surface area contributed by atoms with Gasteiger partial charge in [0, 0.05) is 12.6 Å². The molecule has 152 valence electrons. The highest BCUT2D eigenvalue weighted by molar-refractivity contribution is 9.09. The Balaban J connectivity index is 2.26. The van der Waals surface area contributed by atoms with E-state index in [1.54, 1.807) is 0 Å². The second kappa shape index (κ2) is 12.7. The number of nitrogens with one attached hydrogen (secondary N) is 4. The fraction of sp³-hybridized carbons (Fsp3) is 0.812. The van der Waals surface area contributed by atoms with E-state index in [0.717, 1.165) is 31.6 Å². The third-order valence-electron chi connectivity index (χ3n) is 3.98. The van der Waals surface area contributed by atoms with Gasteiger partial charge in [-0.05, 0) is 38.0 Å². The summed E-state index contributed by atoms with van der Waals surface area (Å²) in [6.45, 7) is 5.47. The van der Waals surface area contributed by atoms with Crippen LogP contribution in [-0.4, -0.2) is 54.7 Å². The number of amides is 3. The molecule has 7 nitrogen and oxygen atoms in total. The first-order valence-corrected chi connectivity index (χ1v) is 12.9. The molecule has 10 heteroatoms. The Hall–Kier alpha value is -0.580. The number of thiol groups is 3. The normalized spacial score (nSPS) is 20.6. The molecule has 0 bridgehead atoms. The average molecular weight is 425 g/mol. The molecule has 4 N–H and O–H groups in total. The lowest BCUT2D eigenvalue weighted by molar-refractivity contribution is -0.138. The Morgan fingerprint density at radius 2 is 1.73 bits per heavy atom. The Bertz CT molecular complexity index is 476. The van der Waals surface area contributed by atoms with E-state index in [2.05, 4.69) is 58.4 Å². The lowest BCUT2D eigenvalue weighted by Crippen LogP contribution is -2.62. The number of hydrogen-bond acceptors (Lipinski definition) is 6. The summed E-state index contributed by atoms with van der Waals surface area (Å²) < 4.78 is 0. The van der Waals surface area contributed by atoms with Crippen molar-refractivity contribution in [2.24, 2.45) is 0 Å². The summed E-state index contributed by atoms with van der Waals surface area (Å²) >= 11 is 8.49. The van der Waals surface area contributed by atoms with Crippen molar-refractivity contribution in [3.8, 4) is 0 Å². The minimum Gasteiger partial charge on any atom is -0.356 e. The van der Waals surface area contributed by atoms with Gasteiger partial charge in [-0.25, -0.2) is 0 Å². The van der Waals surface area contributed by atoms with Crippen LogP contribution < -0.4 is 21.3 Å². The second-order valence-corrected chi connectivity index (χ2v) is 11.8. The molecule has 0 aliphatic carbocycles. The zero-order valence-corrected chi connectivity index (χ0v) is 18.1. The summed E-state index contributed by atoms with van der Waals surface area (Å²) in [7, 11) is -0.499. The highest BCUT2D eigenvalue weighted by Gasteiger charge is 2.34. The molecule has 1 heterocycles. The van der Waals surface area contributed by atoms with Crippen LogP contribution in [0, 0.1) is 0 Å². The van der Waals surface area contributed by atoms with Crippen LogP contribution in [0.15, 0.2) is 0 Å². The summed E-state index contributed by atoms with van der Waals surface area (Å²) in [6.07, 6.45) is 3.14. The molecule has 0 radical (unpaired) electrons. The van der Waals surface area contributed by atoms with E-state index in [4.69, 9.17) is 0 Å². The van der Waals surface area contributed by atoms with Crippen LogP contribution in [-0.2, 0) is 14.4 Å². The topological polar surface area (TPSA) is 99.3 Å². The van der Waals surface area contributed by atoms with Gasteiger partial charge in [0.05, 0.1) is 6.42 Å².